The second kappa shape index (κ2) is 8.03. The van der Waals surface area contributed by atoms with Crippen molar-refractivity contribution in [1.82, 2.24) is 0 Å². The SMILES string of the molecule is C=CCC(Oc1ccc(C=O)cc1OCC)c1ccccc1. The highest BCUT2D eigenvalue weighted by Gasteiger charge is 2.15. The van der Waals surface area contributed by atoms with Gasteiger partial charge >= 0.3 is 0 Å². The van der Waals surface area contributed by atoms with Crippen molar-refractivity contribution in [1.29, 1.82) is 0 Å². The zero-order chi connectivity index (χ0) is 15.8. The summed E-state index contributed by atoms with van der Waals surface area (Å²) in [7, 11) is 0. The number of carbonyl (C=O) groups excluding carboxylic acids is 1. The van der Waals surface area contributed by atoms with Crippen LogP contribution in [0, 0.1) is 0 Å². The monoisotopic (exact) mass is 296 g/mol. The van der Waals surface area contributed by atoms with Crippen molar-refractivity contribution in [3.63, 3.8) is 0 Å². The Labute approximate surface area is 131 Å². The first-order valence-corrected chi connectivity index (χ1v) is 7.33. The van der Waals surface area contributed by atoms with E-state index >= 15 is 0 Å². The van der Waals surface area contributed by atoms with Crippen LogP contribution in [0.2, 0.25) is 0 Å². The Kier molecular flexibility index (Phi) is 5.78. The zero-order valence-corrected chi connectivity index (χ0v) is 12.7. The molecule has 0 aliphatic heterocycles. The van der Waals surface area contributed by atoms with E-state index in [2.05, 4.69) is 6.58 Å². The van der Waals surface area contributed by atoms with Crippen molar-refractivity contribution >= 4 is 6.29 Å². The summed E-state index contributed by atoms with van der Waals surface area (Å²) < 4.78 is 11.7. The van der Waals surface area contributed by atoms with E-state index in [1.165, 1.54) is 0 Å². The van der Waals surface area contributed by atoms with Crippen LogP contribution in [0.5, 0.6) is 11.5 Å². The van der Waals surface area contributed by atoms with Crippen LogP contribution in [-0.2, 0) is 0 Å². The van der Waals surface area contributed by atoms with Gasteiger partial charge in [0.25, 0.3) is 0 Å². The number of benzene rings is 2. The molecular weight excluding hydrogens is 276 g/mol. The molecule has 0 bridgehead atoms. The summed E-state index contributed by atoms with van der Waals surface area (Å²) in [5.74, 6) is 1.21. The summed E-state index contributed by atoms with van der Waals surface area (Å²) in [5, 5.41) is 0. The van der Waals surface area contributed by atoms with Crippen LogP contribution < -0.4 is 9.47 Å². The molecule has 0 aliphatic rings. The first kappa shape index (κ1) is 15.8. The summed E-state index contributed by atoms with van der Waals surface area (Å²) in [4.78, 5) is 10.9. The van der Waals surface area contributed by atoms with E-state index in [9.17, 15) is 4.79 Å². The van der Waals surface area contributed by atoms with Crippen molar-refractivity contribution in [2.45, 2.75) is 19.4 Å². The maximum atomic E-state index is 10.9. The van der Waals surface area contributed by atoms with E-state index in [0.29, 0.717) is 30.1 Å². The second-order valence-electron chi connectivity index (χ2n) is 4.80. The van der Waals surface area contributed by atoms with Gasteiger partial charge in [0.1, 0.15) is 12.4 Å². The smallest absolute Gasteiger partial charge is 0.162 e. The Morgan fingerprint density at radius 1 is 1.14 bits per heavy atom. The third kappa shape index (κ3) is 3.98. The first-order valence-electron chi connectivity index (χ1n) is 7.33. The third-order valence-corrected chi connectivity index (χ3v) is 3.23. The van der Waals surface area contributed by atoms with Gasteiger partial charge in [-0.2, -0.15) is 0 Å². The molecule has 0 amide bonds. The molecule has 2 aromatic rings. The Morgan fingerprint density at radius 2 is 1.91 bits per heavy atom. The summed E-state index contributed by atoms with van der Waals surface area (Å²) >= 11 is 0. The van der Waals surface area contributed by atoms with Crippen molar-refractivity contribution in [2.24, 2.45) is 0 Å². The lowest BCUT2D eigenvalue weighted by atomic mass is 10.1. The van der Waals surface area contributed by atoms with Gasteiger partial charge < -0.3 is 9.47 Å². The lowest BCUT2D eigenvalue weighted by molar-refractivity contribution is 0.112. The Hall–Kier alpha value is -2.55. The standard InChI is InChI=1S/C19H20O3/c1-3-8-17(16-9-6-5-7-10-16)22-18-12-11-15(14-20)13-19(18)21-4-2/h3,5-7,9-14,17H,1,4,8H2,2H3. The maximum Gasteiger partial charge on any atom is 0.162 e. The molecule has 0 radical (unpaired) electrons. The van der Waals surface area contributed by atoms with E-state index in [-0.39, 0.29) is 6.10 Å². The van der Waals surface area contributed by atoms with Crippen molar-refractivity contribution < 1.29 is 14.3 Å². The average Bonchev–Trinajstić information content (AvgIpc) is 2.57. The summed E-state index contributed by atoms with van der Waals surface area (Å²) in [6.45, 7) is 6.20. The van der Waals surface area contributed by atoms with Crippen LogP contribution in [0.1, 0.15) is 35.4 Å². The molecule has 2 rings (SSSR count). The van der Waals surface area contributed by atoms with Gasteiger partial charge in [-0.25, -0.2) is 0 Å². The fraction of sp³-hybridized carbons (Fsp3) is 0.211. The van der Waals surface area contributed by atoms with Gasteiger partial charge in [-0.15, -0.1) is 6.58 Å². The quantitative estimate of drug-likeness (QED) is 0.528. The molecule has 0 aliphatic carbocycles. The second-order valence-corrected chi connectivity index (χ2v) is 4.80. The Morgan fingerprint density at radius 3 is 2.55 bits per heavy atom. The lowest BCUT2D eigenvalue weighted by Gasteiger charge is -2.20. The molecule has 0 N–H and O–H groups in total. The molecular formula is C19H20O3. The molecule has 1 atom stereocenters. The molecule has 22 heavy (non-hydrogen) atoms. The zero-order valence-electron chi connectivity index (χ0n) is 12.7. The van der Waals surface area contributed by atoms with E-state index in [1.807, 2.05) is 43.3 Å². The number of hydrogen-bond acceptors (Lipinski definition) is 3. The number of aldehydes is 1. The molecule has 0 fully saturated rings. The van der Waals surface area contributed by atoms with Gasteiger partial charge in [0.15, 0.2) is 11.5 Å². The summed E-state index contributed by atoms with van der Waals surface area (Å²) in [6.07, 6.45) is 3.17. The lowest BCUT2D eigenvalue weighted by Crippen LogP contribution is -2.08. The van der Waals surface area contributed by atoms with Crippen molar-refractivity contribution in [3.8, 4) is 11.5 Å². The van der Waals surface area contributed by atoms with Crippen LogP contribution >= 0.6 is 0 Å². The van der Waals surface area contributed by atoms with E-state index < -0.39 is 0 Å². The van der Waals surface area contributed by atoms with Crippen molar-refractivity contribution in [2.75, 3.05) is 6.61 Å². The van der Waals surface area contributed by atoms with Gasteiger partial charge in [0.2, 0.25) is 0 Å². The summed E-state index contributed by atoms with van der Waals surface area (Å²) in [5.41, 5.74) is 1.64. The predicted molar refractivity (Wildman–Crippen MR) is 87.6 cm³/mol. The molecule has 114 valence electrons. The first-order chi connectivity index (χ1) is 10.8. The molecule has 0 heterocycles. The highest BCUT2D eigenvalue weighted by molar-refractivity contribution is 5.76. The Bertz CT molecular complexity index is 620. The fourth-order valence-electron chi connectivity index (χ4n) is 2.19. The van der Waals surface area contributed by atoms with Crippen LogP contribution in [0.25, 0.3) is 0 Å². The largest absolute Gasteiger partial charge is 0.490 e. The highest BCUT2D eigenvalue weighted by Crippen LogP contribution is 2.33. The van der Waals surface area contributed by atoms with Crippen LogP contribution in [-0.4, -0.2) is 12.9 Å². The third-order valence-electron chi connectivity index (χ3n) is 3.23. The van der Waals surface area contributed by atoms with Crippen LogP contribution in [0.15, 0.2) is 61.2 Å². The molecule has 1 unspecified atom stereocenters. The van der Waals surface area contributed by atoms with Gasteiger partial charge in [-0.05, 0) is 30.7 Å². The number of rotatable bonds is 8. The Balaban J connectivity index is 2.29. The minimum atomic E-state index is -0.139. The predicted octanol–water partition coefficient (Wildman–Crippen LogP) is 4.59. The number of ether oxygens (including phenoxy) is 2. The number of hydrogen-bond donors (Lipinski definition) is 0. The highest BCUT2D eigenvalue weighted by atomic mass is 16.5. The summed E-state index contributed by atoms with van der Waals surface area (Å²) in [6, 6.07) is 15.2. The van der Waals surface area contributed by atoms with E-state index in [1.54, 1.807) is 18.2 Å². The molecule has 3 heteroatoms. The minimum Gasteiger partial charge on any atom is -0.490 e. The molecule has 0 saturated heterocycles. The van der Waals surface area contributed by atoms with Crippen LogP contribution in [0.3, 0.4) is 0 Å². The fourth-order valence-corrected chi connectivity index (χ4v) is 2.19. The van der Waals surface area contributed by atoms with E-state index in [4.69, 9.17) is 9.47 Å². The number of carbonyl (C=O) groups is 1. The molecule has 0 spiro atoms. The topological polar surface area (TPSA) is 35.5 Å². The molecule has 3 nitrogen and oxygen atoms in total. The van der Waals surface area contributed by atoms with Gasteiger partial charge in [0, 0.05) is 12.0 Å². The van der Waals surface area contributed by atoms with Crippen LogP contribution in [0.4, 0.5) is 0 Å². The van der Waals surface area contributed by atoms with Crippen molar-refractivity contribution in [3.05, 3.63) is 72.3 Å². The average molecular weight is 296 g/mol. The molecule has 2 aromatic carbocycles. The normalized spacial score (nSPS) is 11.5. The maximum absolute atomic E-state index is 10.9. The van der Waals surface area contributed by atoms with Gasteiger partial charge in [0.05, 0.1) is 6.61 Å². The minimum absolute atomic E-state index is 0.139. The van der Waals surface area contributed by atoms with Gasteiger partial charge in [-0.3, -0.25) is 4.79 Å². The van der Waals surface area contributed by atoms with E-state index in [0.717, 1.165) is 11.8 Å². The van der Waals surface area contributed by atoms with Gasteiger partial charge in [-0.1, -0.05) is 36.4 Å². The molecule has 0 saturated carbocycles. The molecule has 0 aromatic heterocycles.